The number of benzene rings is 2. The zero-order chi connectivity index (χ0) is 21.7. The molecule has 1 amide bonds. The van der Waals surface area contributed by atoms with Crippen LogP contribution in [0.2, 0.25) is 0 Å². The number of hydrogen-bond acceptors (Lipinski definition) is 6. The van der Waals surface area contributed by atoms with Gasteiger partial charge in [0.25, 0.3) is 0 Å². The summed E-state index contributed by atoms with van der Waals surface area (Å²) in [6, 6.07) is 16.3. The molecule has 158 valence electrons. The Kier molecular flexibility index (Phi) is 4.65. The lowest BCUT2D eigenvalue weighted by Crippen LogP contribution is -2.12. The second-order valence-electron chi connectivity index (χ2n) is 7.65. The van der Waals surface area contributed by atoms with Gasteiger partial charge in [0.2, 0.25) is 5.91 Å². The third kappa shape index (κ3) is 3.74. The Bertz CT molecular complexity index is 1470. The van der Waals surface area contributed by atoms with Crippen molar-refractivity contribution in [2.45, 2.75) is 22.9 Å². The summed E-state index contributed by atoms with van der Waals surface area (Å²) in [5.41, 5.74) is 3.47. The lowest BCUT2D eigenvalue weighted by Gasteiger charge is -2.04. The van der Waals surface area contributed by atoms with Gasteiger partial charge in [-0.3, -0.25) is 9.20 Å². The van der Waals surface area contributed by atoms with Crippen LogP contribution in [0.4, 0.5) is 9.52 Å². The van der Waals surface area contributed by atoms with E-state index in [0.717, 1.165) is 49.9 Å². The molecule has 0 saturated heterocycles. The smallest absolute Gasteiger partial charge is 0.229 e. The van der Waals surface area contributed by atoms with Crippen molar-refractivity contribution in [3.63, 3.8) is 0 Å². The summed E-state index contributed by atoms with van der Waals surface area (Å²) < 4.78 is 16.2. The summed E-state index contributed by atoms with van der Waals surface area (Å²) in [6.45, 7) is 0. The van der Waals surface area contributed by atoms with Gasteiger partial charge >= 0.3 is 0 Å². The monoisotopic (exact) mass is 461 g/mol. The van der Waals surface area contributed by atoms with E-state index < -0.39 is 0 Å². The van der Waals surface area contributed by atoms with Gasteiger partial charge in [-0.1, -0.05) is 23.5 Å². The van der Waals surface area contributed by atoms with Crippen molar-refractivity contribution in [1.29, 1.82) is 0 Å². The van der Waals surface area contributed by atoms with E-state index in [1.807, 2.05) is 34.9 Å². The molecule has 0 spiro atoms. The number of nitrogens with zero attached hydrogens (tertiary/aromatic N) is 4. The highest BCUT2D eigenvalue weighted by Gasteiger charge is 2.30. The standard InChI is InChI=1S/C23H16FN5OS2/c24-16-6-3-13(4-7-16)15-5-10-20-27-28-23(29(20)12-15)31-17-8-9-18-19(11-17)32-22(25-18)26-21(30)14-1-2-14/h3-12,14H,1-2H2,(H,25,26,30). The maximum absolute atomic E-state index is 13.3. The van der Waals surface area contributed by atoms with Crippen molar-refractivity contribution < 1.29 is 9.18 Å². The molecule has 1 fully saturated rings. The van der Waals surface area contributed by atoms with Crippen LogP contribution in [0.1, 0.15) is 12.8 Å². The van der Waals surface area contributed by atoms with Crippen LogP contribution in [0.3, 0.4) is 0 Å². The van der Waals surface area contributed by atoms with Crippen LogP contribution in [0.25, 0.3) is 27.0 Å². The molecule has 9 heteroatoms. The second kappa shape index (κ2) is 7.68. The number of fused-ring (bicyclic) bond motifs is 2. The van der Waals surface area contributed by atoms with Crippen molar-refractivity contribution in [1.82, 2.24) is 19.6 Å². The molecule has 1 saturated carbocycles. The summed E-state index contributed by atoms with van der Waals surface area (Å²) in [4.78, 5) is 17.5. The third-order valence-electron chi connectivity index (χ3n) is 5.30. The first-order valence-corrected chi connectivity index (χ1v) is 11.8. The van der Waals surface area contributed by atoms with Gasteiger partial charge in [0, 0.05) is 17.0 Å². The third-order valence-corrected chi connectivity index (χ3v) is 7.18. The van der Waals surface area contributed by atoms with Crippen LogP contribution in [0.5, 0.6) is 0 Å². The van der Waals surface area contributed by atoms with Crippen molar-refractivity contribution in [2.24, 2.45) is 5.92 Å². The molecule has 6 rings (SSSR count). The normalized spacial score (nSPS) is 13.7. The number of amides is 1. The second-order valence-corrected chi connectivity index (χ2v) is 9.72. The molecule has 2 aromatic carbocycles. The van der Waals surface area contributed by atoms with Crippen molar-refractivity contribution in [3.8, 4) is 11.1 Å². The largest absolute Gasteiger partial charge is 0.302 e. The molecule has 3 heterocycles. The highest BCUT2D eigenvalue weighted by atomic mass is 32.2. The average Bonchev–Trinajstić information content (AvgIpc) is 3.47. The topological polar surface area (TPSA) is 72.2 Å². The summed E-state index contributed by atoms with van der Waals surface area (Å²) in [5.74, 6) is -0.0521. The Morgan fingerprint density at radius 3 is 2.69 bits per heavy atom. The SMILES string of the molecule is O=C(Nc1nc2ccc(Sc3nnc4ccc(-c5ccc(F)cc5)cn34)cc2s1)C1CC1. The molecule has 0 bridgehead atoms. The van der Waals surface area contributed by atoms with Gasteiger partial charge < -0.3 is 5.32 Å². The van der Waals surface area contributed by atoms with Crippen LogP contribution in [-0.4, -0.2) is 25.5 Å². The highest BCUT2D eigenvalue weighted by Crippen LogP contribution is 2.35. The van der Waals surface area contributed by atoms with E-state index in [0.29, 0.717) is 5.13 Å². The van der Waals surface area contributed by atoms with E-state index >= 15 is 0 Å². The molecule has 1 aliphatic carbocycles. The molecule has 3 aromatic heterocycles. The highest BCUT2D eigenvalue weighted by molar-refractivity contribution is 7.99. The van der Waals surface area contributed by atoms with Gasteiger partial charge in [0.05, 0.1) is 10.2 Å². The van der Waals surface area contributed by atoms with E-state index in [-0.39, 0.29) is 17.6 Å². The molecule has 0 radical (unpaired) electrons. The molecule has 1 N–H and O–H groups in total. The van der Waals surface area contributed by atoms with E-state index in [2.05, 4.69) is 26.6 Å². The lowest BCUT2D eigenvalue weighted by molar-refractivity contribution is -0.117. The van der Waals surface area contributed by atoms with E-state index in [4.69, 9.17) is 0 Å². The first-order valence-electron chi connectivity index (χ1n) is 10.1. The summed E-state index contributed by atoms with van der Waals surface area (Å²) in [7, 11) is 0. The number of thiazole rings is 1. The van der Waals surface area contributed by atoms with Crippen LogP contribution in [0.15, 0.2) is 70.8 Å². The maximum Gasteiger partial charge on any atom is 0.229 e. The average molecular weight is 462 g/mol. The number of hydrogen-bond donors (Lipinski definition) is 1. The van der Waals surface area contributed by atoms with Gasteiger partial charge in [-0.15, -0.1) is 10.2 Å². The number of aromatic nitrogens is 4. The predicted octanol–water partition coefficient (Wildman–Crippen LogP) is 5.64. The Balaban J connectivity index is 1.29. The van der Waals surface area contributed by atoms with Gasteiger partial charge in [-0.05, 0) is 78.2 Å². The quantitative estimate of drug-likeness (QED) is 0.366. The minimum atomic E-state index is -0.260. The van der Waals surface area contributed by atoms with Gasteiger partial charge in [0.1, 0.15) is 5.82 Å². The van der Waals surface area contributed by atoms with E-state index in [1.54, 1.807) is 12.1 Å². The first kappa shape index (κ1) is 19.4. The number of anilines is 1. The number of carbonyl (C=O) groups is 1. The fourth-order valence-electron chi connectivity index (χ4n) is 3.43. The Morgan fingerprint density at radius 2 is 1.88 bits per heavy atom. The van der Waals surface area contributed by atoms with Crippen molar-refractivity contribution in [3.05, 3.63) is 66.6 Å². The molecule has 6 nitrogen and oxygen atoms in total. The Labute approximate surface area is 190 Å². The lowest BCUT2D eigenvalue weighted by atomic mass is 10.1. The summed E-state index contributed by atoms with van der Waals surface area (Å²) in [6.07, 6.45) is 3.89. The molecule has 1 aliphatic rings. The van der Waals surface area contributed by atoms with E-state index in [1.165, 1.54) is 35.2 Å². The first-order chi connectivity index (χ1) is 15.6. The molecule has 5 aromatic rings. The van der Waals surface area contributed by atoms with Crippen LogP contribution in [0, 0.1) is 11.7 Å². The van der Waals surface area contributed by atoms with Crippen LogP contribution >= 0.6 is 23.1 Å². The zero-order valence-corrected chi connectivity index (χ0v) is 18.3. The van der Waals surface area contributed by atoms with Gasteiger partial charge in [0.15, 0.2) is 15.9 Å². The molecular formula is C23H16FN5OS2. The molecule has 0 atom stereocenters. The molecular weight excluding hydrogens is 445 g/mol. The fourth-order valence-corrected chi connectivity index (χ4v) is 5.27. The fraction of sp³-hybridized carbons (Fsp3) is 0.130. The number of pyridine rings is 1. The maximum atomic E-state index is 13.3. The van der Waals surface area contributed by atoms with Crippen molar-refractivity contribution >= 4 is 50.0 Å². The summed E-state index contributed by atoms with van der Waals surface area (Å²) >= 11 is 2.98. The summed E-state index contributed by atoms with van der Waals surface area (Å²) in [5, 5.41) is 12.9. The Hall–Kier alpha value is -3.30. The Morgan fingerprint density at radius 1 is 1.06 bits per heavy atom. The van der Waals surface area contributed by atoms with E-state index in [9.17, 15) is 9.18 Å². The minimum absolute atomic E-state index is 0.0607. The molecule has 32 heavy (non-hydrogen) atoms. The number of carbonyl (C=O) groups excluding carboxylic acids is 1. The number of halogens is 1. The molecule has 0 unspecified atom stereocenters. The molecule has 0 aliphatic heterocycles. The van der Waals surface area contributed by atoms with Crippen LogP contribution in [-0.2, 0) is 4.79 Å². The number of rotatable bonds is 5. The zero-order valence-electron chi connectivity index (χ0n) is 16.7. The van der Waals surface area contributed by atoms with Gasteiger partial charge in [-0.25, -0.2) is 9.37 Å². The van der Waals surface area contributed by atoms with Gasteiger partial charge in [-0.2, -0.15) is 0 Å². The predicted molar refractivity (Wildman–Crippen MR) is 123 cm³/mol. The minimum Gasteiger partial charge on any atom is -0.302 e. The van der Waals surface area contributed by atoms with Crippen molar-refractivity contribution in [2.75, 3.05) is 5.32 Å². The number of nitrogens with one attached hydrogen (secondary N) is 1. The van der Waals surface area contributed by atoms with Crippen LogP contribution < -0.4 is 5.32 Å².